The maximum Gasteiger partial charge on any atom is 0.307 e. The van der Waals surface area contributed by atoms with E-state index in [0.29, 0.717) is 12.1 Å². The fourth-order valence-corrected chi connectivity index (χ4v) is 3.45. The second-order valence-electron chi connectivity index (χ2n) is 6.19. The maximum absolute atomic E-state index is 11.4. The molecule has 1 aliphatic heterocycles. The predicted octanol–water partition coefficient (Wildman–Crippen LogP) is 1.95. The summed E-state index contributed by atoms with van der Waals surface area (Å²) >= 11 is 0. The molecule has 0 spiro atoms. The lowest BCUT2D eigenvalue weighted by Crippen LogP contribution is -2.54. The van der Waals surface area contributed by atoms with E-state index >= 15 is 0 Å². The number of aliphatic carboxylic acids is 1. The number of carbonyl (C=O) groups is 1. The number of rotatable bonds is 7. The molecule has 1 heterocycles. The lowest BCUT2D eigenvalue weighted by atomic mass is 9.91. The van der Waals surface area contributed by atoms with E-state index in [0.717, 1.165) is 44.8 Å². The van der Waals surface area contributed by atoms with Crippen molar-refractivity contribution in [2.24, 2.45) is 11.8 Å². The number of piperidine rings is 1. The van der Waals surface area contributed by atoms with Crippen LogP contribution in [0.4, 0.5) is 0 Å². The first-order chi connectivity index (χ1) is 9.15. The van der Waals surface area contributed by atoms with Crippen LogP contribution in [0.15, 0.2) is 0 Å². The van der Waals surface area contributed by atoms with Crippen LogP contribution in [0.3, 0.4) is 0 Å². The minimum absolute atomic E-state index is 0.198. The number of hydrogen-bond donors (Lipinski definition) is 2. The van der Waals surface area contributed by atoms with Crippen molar-refractivity contribution in [2.75, 3.05) is 19.6 Å². The van der Waals surface area contributed by atoms with E-state index in [4.69, 9.17) is 0 Å². The molecule has 1 saturated carbocycles. The third-order valence-corrected chi connectivity index (χ3v) is 4.56. The summed E-state index contributed by atoms with van der Waals surface area (Å²) in [7, 11) is 0. The topological polar surface area (TPSA) is 52.6 Å². The lowest BCUT2D eigenvalue weighted by Gasteiger charge is -2.41. The van der Waals surface area contributed by atoms with Crippen molar-refractivity contribution in [1.29, 1.82) is 0 Å². The van der Waals surface area contributed by atoms with Gasteiger partial charge >= 0.3 is 5.97 Å². The summed E-state index contributed by atoms with van der Waals surface area (Å²) < 4.78 is 0. The van der Waals surface area contributed by atoms with Crippen molar-refractivity contribution in [1.82, 2.24) is 10.2 Å². The summed E-state index contributed by atoms with van der Waals surface area (Å²) in [5, 5.41) is 12.9. The Morgan fingerprint density at radius 2 is 2.11 bits per heavy atom. The Bertz CT molecular complexity index is 305. The molecule has 0 aromatic rings. The van der Waals surface area contributed by atoms with Crippen LogP contribution in [0.25, 0.3) is 0 Å². The van der Waals surface area contributed by atoms with Gasteiger partial charge in [0.2, 0.25) is 0 Å². The Morgan fingerprint density at radius 3 is 2.63 bits per heavy atom. The molecule has 4 nitrogen and oxygen atoms in total. The molecule has 3 unspecified atom stereocenters. The van der Waals surface area contributed by atoms with Gasteiger partial charge in [-0.1, -0.05) is 13.8 Å². The number of carboxylic acid groups (broad SMARTS) is 1. The van der Waals surface area contributed by atoms with Crippen LogP contribution < -0.4 is 5.32 Å². The highest BCUT2D eigenvalue weighted by molar-refractivity contribution is 5.70. The van der Waals surface area contributed by atoms with Gasteiger partial charge in [0.1, 0.15) is 0 Å². The summed E-state index contributed by atoms with van der Waals surface area (Å²) in [5.74, 6) is -0.000996. The number of likely N-dealkylation sites (tertiary alicyclic amines) is 1. The van der Waals surface area contributed by atoms with Gasteiger partial charge in [0, 0.05) is 25.2 Å². The number of nitrogens with one attached hydrogen (secondary N) is 1. The summed E-state index contributed by atoms with van der Waals surface area (Å²) in [6.45, 7) is 7.15. The van der Waals surface area contributed by atoms with Gasteiger partial charge in [-0.2, -0.15) is 0 Å². The molecule has 0 bridgehead atoms. The number of nitrogens with zero attached hydrogens (tertiary/aromatic N) is 1. The highest BCUT2D eigenvalue weighted by Gasteiger charge is 2.39. The van der Waals surface area contributed by atoms with Crippen LogP contribution in [-0.2, 0) is 4.79 Å². The molecule has 2 fully saturated rings. The molecule has 4 heteroatoms. The van der Waals surface area contributed by atoms with Crippen LogP contribution >= 0.6 is 0 Å². The SMILES string of the molecule is CCCNC1CC(C(=O)O)CN(C(CC)C2CC2)C1. The number of hydrogen-bond acceptors (Lipinski definition) is 3. The van der Waals surface area contributed by atoms with Gasteiger partial charge in [0.05, 0.1) is 5.92 Å². The quantitative estimate of drug-likeness (QED) is 0.741. The van der Waals surface area contributed by atoms with E-state index in [9.17, 15) is 9.90 Å². The van der Waals surface area contributed by atoms with Gasteiger partial charge in [0.15, 0.2) is 0 Å². The molecule has 1 saturated heterocycles. The Hall–Kier alpha value is -0.610. The molecule has 0 aromatic carbocycles. The fraction of sp³-hybridized carbons (Fsp3) is 0.933. The van der Waals surface area contributed by atoms with Crippen molar-refractivity contribution in [3.05, 3.63) is 0 Å². The molecule has 2 aliphatic rings. The highest BCUT2D eigenvalue weighted by Crippen LogP contribution is 2.38. The molecule has 3 atom stereocenters. The van der Waals surface area contributed by atoms with E-state index in [-0.39, 0.29) is 5.92 Å². The highest BCUT2D eigenvalue weighted by atomic mass is 16.4. The Kier molecular flexibility index (Phi) is 5.22. The van der Waals surface area contributed by atoms with Crippen molar-refractivity contribution in [3.8, 4) is 0 Å². The monoisotopic (exact) mass is 268 g/mol. The molecule has 0 radical (unpaired) electrons. The molecule has 2 N–H and O–H groups in total. The molecule has 0 aromatic heterocycles. The molecular formula is C15H28N2O2. The molecule has 19 heavy (non-hydrogen) atoms. The van der Waals surface area contributed by atoms with Crippen molar-refractivity contribution >= 4 is 5.97 Å². The van der Waals surface area contributed by atoms with Crippen LogP contribution in [0.2, 0.25) is 0 Å². The molecule has 0 amide bonds. The van der Waals surface area contributed by atoms with Crippen LogP contribution in [0, 0.1) is 11.8 Å². The Labute approximate surface area is 116 Å². The largest absolute Gasteiger partial charge is 0.481 e. The second-order valence-corrected chi connectivity index (χ2v) is 6.19. The van der Waals surface area contributed by atoms with Gasteiger partial charge in [-0.25, -0.2) is 0 Å². The van der Waals surface area contributed by atoms with Crippen molar-refractivity contribution in [3.63, 3.8) is 0 Å². The number of carboxylic acids is 1. The maximum atomic E-state index is 11.4. The summed E-state index contributed by atoms with van der Waals surface area (Å²) in [5.41, 5.74) is 0. The Balaban J connectivity index is 1.98. The first kappa shape index (κ1) is 14.8. The van der Waals surface area contributed by atoms with Gasteiger partial charge < -0.3 is 10.4 Å². The first-order valence-electron chi connectivity index (χ1n) is 7.85. The second kappa shape index (κ2) is 6.71. The van der Waals surface area contributed by atoms with Gasteiger partial charge in [0.25, 0.3) is 0 Å². The average molecular weight is 268 g/mol. The fourth-order valence-electron chi connectivity index (χ4n) is 3.45. The van der Waals surface area contributed by atoms with Gasteiger partial charge in [-0.15, -0.1) is 0 Å². The zero-order valence-corrected chi connectivity index (χ0v) is 12.3. The minimum atomic E-state index is -0.626. The van der Waals surface area contributed by atoms with Gasteiger partial charge in [-0.05, 0) is 44.6 Å². The van der Waals surface area contributed by atoms with Crippen LogP contribution in [-0.4, -0.2) is 47.7 Å². The zero-order valence-electron chi connectivity index (χ0n) is 12.3. The first-order valence-corrected chi connectivity index (χ1v) is 7.85. The zero-order chi connectivity index (χ0) is 13.8. The molecule has 110 valence electrons. The molecule has 1 aliphatic carbocycles. The smallest absolute Gasteiger partial charge is 0.307 e. The average Bonchev–Trinajstić information content (AvgIpc) is 3.21. The lowest BCUT2D eigenvalue weighted by molar-refractivity contribution is -0.144. The minimum Gasteiger partial charge on any atom is -0.481 e. The van der Waals surface area contributed by atoms with E-state index in [2.05, 4.69) is 24.1 Å². The standard InChI is InChI=1S/C15H28N2O2/c1-3-7-16-13-8-12(15(18)19)9-17(10-13)14(4-2)11-5-6-11/h11-14,16H,3-10H2,1-2H3,(H,18,19). The summed E-state index contributed by atoms with van der Waals surface area (Å²) in [6.07, 6.45) is 5.71. The molecular weight excluding hydrogens is 240 g/mol. The predicted molar refractivity (Wildman–Crippen MR) is 76.2 cm³/mol. The van der Waals surface area contributed by atoms with Crippen LogP contribution in [0.5, 0.6) is 0 Å². The third kappa shape index (κ3) is 3.93. The van der Waals surface area contributed by atoms with E-state index in [1.807, 2.05) is 0 Å². The normalized spacial score (nSPS) is 30.2. The van der Waals surface area contributed by atoms with E-state index in [1.165, 1.54) is 12.8 Å². The molecule has 2 rings (SSSR count). The summed E-state index contributed by atoms with van der Waals surface area (Å²) in [4.78, 5) is 13.8. The van der Waals surface area contributed by atoms with Crippen LogP contribution in [0.1, 0.15) is 46.0 Å². The Morgan fingerprint density at radius 1 is 1.37 bits per heavy atom. The van der Waals surface area contributed by atoms with E-state index < -0.39 is 5.97 Å². The van der Waals surface area contributed by atoms with Crippen molar-refractivity contribution < 1.29 is 9.90 Å². The van der Waals surface area contributed by atoms with Crippen molar-refractivity contribution in [2.45, 2.75) is 58.0 Å². The van der Waals surface area contributed by atoms with Gasteiger partial charge in [-0.3, -0.25) is 9.69 Å². The van der Waals surface area contributed by atoms with E-state index in [1.54, 1.807) is 0 Å². The summed E-state index contributed by atoms with van der Waals surface area (Å²) in [6, 6.07) is 0.954. The third-order valence-electron chi connectivity index (χ3n) is 4.56.